The van der Waals surface area contributed by atoms with Crippen LogP contribution in [0.3, 0.4) is 0 Å². The molecule has 0 spiro atoms. The Kier molecular flexibility index (Phi) is 2.93. The zero-order valence-electron chi connectivity index (χ0n) is 8.07. The van der Waals surface area contributed by atoms with E-state index in [0.29, 0.717) is 12.4 Å². The Hall–Kier alpha value is -1.06. The van der Waals surface area contributed by atoms with Gasteiger partial charge in [0.15, 0.2) is 0 Å². The highest BCUT2D eigenvalue weighted by Crippen LogP contribution is 2.16. The second-order valence-electron chi connectivity index (χ2n) is 3.33. The number of halogens is 1. The van der Waals surface area contributed by atoms with E-state index in [1.54, 1.807) is 22.1 Å². The third-order valence-electron chi connectivity index (χ3n) is 2.18. The summed E-state index contributed by atoms with van der Waals surface area (Å²) in [5.41, 5.74) is 0.869. The van der Waals surface area contributed by atoms with Crippen molar-refractivity contribution < 1.29 is 0 Å². The van der Waals surface area contributed by atoms with Crippen LogP contribution in [0.25, 0.3) is 10.1 Å². The van der Waals surface area contributed by atoms with Gasteiger partial charge in [-0.25, -0.2) is 0 Å². The van der Waals surface area contributed by atoms with E-state index in [1.807, 2.05) is 17.5 Å². The van der Waals surface area contributed by atoms with Crippen LogP contribution in [0.4, 0.5) is 0 Å². The summed E-state index contributed by atoms with van der Waals surface area (Å²) in [5.74, 6) is 0.383. The Labute approximate surface area is 96.4 Å². The lowest BCUT2D eigenvalue weighted by molar-refractivity contribution is 0.759. The van der Waals surface area contributed by atoms with Gasteiger partial charge in [-0.1, -0.05) is 6.58 Å². The predicted octanol–water partition coefficient (Wildman–Crippen LogP) is 2.86. The van der Waals surface area contributed by atoms with Crippen molar-refractivity contribution in [2.24, 2.45) is 0 Å². The van der Waals surface area contributed by atoms with Crippen molar-refractivity contribution >= 4 is 33.0 Å². The average molecular weight is 240 g/mol. The third-order valence-corrected chi connectivity index (χ3v) is 3.44. The van der Waals surface area contributed by atoms with Gasteiger partial charge in [-0.05, 0) is 23.1 Å². The zero-order chi connectivity index (χ0) is 10.8. The summed E-state index contributed by atoms with van der Waals surface area (Å²) >= 11 is 7.21. The topological polar surface area (TPSA) is 22.0 Å². The molecule has 0 unspecified atom stereocenters. The quantitative estimate of drug-likeness (QED) is 0.596. The number of allylic oxidation sites excluding steroid dienone is 1. The lowest BCUT2D eigenvalue weighted by Crippen LogP contribution is -2.19. The van der Waals surface area contributed by atoms with Crippen molar-refractivity contribution in [3.63, 3.8) is 0 Å². The normalized spacial score (nSPS) is 10.7. The minimum absolute atomic E-state index is 0.0278. The molecule has 0 N–H and O–H groups in total. The molecule has 2 heterocycles. The minimum Gasteiger partial charge on any atom is -0.311 e. The lowest BCUT2D eigenvalue weighted by Gasteiger charge is -2.05. The maximum atomic E-state index is 11.9. The maximum absolute atomic E-state index is 11.9. The van der Waals surface area contributed by atoms with E-state index in [4.69, 9.17) is 11.6 Å². The highest BCUT2D eigenvalue weighted by Gasteiger charge is 2.03. The second-order valence-corrected chi connectivity index (χ2v) is 4.55. The van der Waals surface area contributed by atoms with E-state index in [0.717, 1.165) is 15.7 Å². The fraction of sp³-hybridized carbons (Fsp3) is 0.182. The summed E-state index contributed by atoms with van der Waals surface area (Å²) < 4.78 is 2.66. The Morgan fingerprint density at radius 3 is 3.07 bits per heavy atom. The number of thiophene rings is 1. The van der Waals surface area contributed by atoms with Gasteiger partial charge in [-0.15, -0.1) is 22.9 Å². The van der Waals surface area contributed by atoms with Crippen LogP contribution in [0.5, 0.6) is 0 Å². The first-order chi connectivity index (χ1) is 7.22. The molecule has 0 radical (unpaired) electrons. The van der Waals surface area contributed by atoms with Crippen molar-refractivity contribution in [3.05, 3.63) is 46.2 Å². The Balaban J connectivity index is 2.48. The average Bonchev–Trinajstić information content (AvgIpc) is 2.70. The highest BCUT2D eigenvalue weighted by atomic mass is 35.5. The molecule has 0 aliphatic heterocycles. The van der Waals surface area contributed by atoms with Gasteiger partial charge in [-0.2, -0.15) is 0 Å². The third kappa shape index (κ3) is 1.98. The second kappa shape index (κ2) is 4.21. The molecule has 4 heteroatoms. The summed E-state index contributed by atoms with van der Waals surface area (Å²) in [6, 6.07) is 3.80. The Morgan fingerprint density at radius 2 is 2.33 bits per heavy atom. The molecule has 0 amide bonds. The molecule has 0 aliphatic carbocycles. The molecule has 15 heavy (non-hydrogen) atoms. The van der Waals surface area contributed by atoms with Crippen LogP contribution in [-0.2, 0) is 6.54 Å². The SMILES string of the molecule is C=C(CCl)Cn1ccc2sccc2c1=O. The summed E-state index contributed by atoms with van der Waals surface area (Å²) in [6.45, 7) is 4.28. The molecular weight excluding hydrogens is 230 g/mol. The van der Waals surface area contributed by atoms with E-state index < -0.39 is 0 Å². The standard InChI is InChI=1S/C11H10ClNOS/c1-8(6-12)7-13-4-2-10-9(11(13)14)3-5-15-10/h2-5H,1,6-7H2. The maximum Gasteiger partial charge on any atom is 0.259 e. The van der Waals surface area contributed by atoms with Gasteiger partial charge in [-0.3, -0.25) is 4.79 Å². The van der Waals surface area contributed by atoms with E-state index >= 15 is 0 Å². The highest BCUT2D eigenvalue weighted by molar-refractivity contribution is 7.17. The first kappa shape index (κ1) is 10.5. The summed E-state index contributed by atoms with van der Waals surface area (Å²) in [7, 11) is 0. The van der Waals surface area contributed by atoms with Crippen molar-refractivity contribution in [1.29, 1.82) is 0 Å². The predicted molar refractivity (Wildman–Crippen MR) is 65.9 cm³/mol. The number of aromatic nitrogens is 1. The monoisotopic (exact) mass is 239 g/mol. The molecule has 2 nitrogen and oxygen atoms in total. The van der Waals surface area contributed by atoms with Crippen LogP contribution >= 0.6 is 22.9 Å². The number of hydrogen-bond donors (Lipinski definition) is 0. The van der Waals surface area contributed by atoms with Crippen molar-refractivity contribution in [2.75, 3.05) is 5.88 Å². The smallest absolute Gasteiger partial charge is 0.259 e. The van der Waals surface area contributed by atoms with Gasteiger partial charge in [0.1, 0.15) is 0 Å². The molecule has 0 aromatic carbocycles. The molecule has 2 aromatic rings. The van der Waals surface area contributed by atoms with Gasteiger partial charge in [0, 0.05) is 23.3 Å². The molecule has 78 valence electrons. The van der Waals surface area contributed by atoms with Crippen LogP contribution < -0.4 is 5.56 Å². The van der Waals surface area contributed by atoms with Crippen LogP contribution in [0.15, 0.2) is 40.7 Å². The van der Waals surface area contributed by atoms with E-state index in [-0.39, 0.29) is 5.56 Å². The molecule has 0 saturated carbocycles. The summed E-state index contributed by atoms with van der Waals surface area (Å²) in [4.78, 5) is 11.9. The fourth-order valence-corrected chi connectivity index (χ4v) is 2.27. The van der Waals surface area contributed by atoms with Gasteiger partial charge in [0.05, 0.1) is 5.39 Å². The summed E-state index contributed by atoms with van der Waals surface area (Å²) in [5, 5.41) is 2.69. The van der Waals surface area contributed by atoms with Crippen molar-refractivity contribution in [3.8, 4) is 0 Å². The van der Waals surface area contributed by atoms with Crippen LogP contribution in [0.2, 0.25) is 0 Å². The van der Waals surface area contributed by atoms with Gasteiger partial charge >= 0.3 is 0 Å². The lowest BCUT2D eigenvalue weighted by atomic mass is 10.3. The van der Waals surface area contributed by atoms with Crippen LogP contribution in [-0.4, -0.2) is 10.4 Å². The van der Waals surface area contributed by atoms with Gasteiger partial charge < -0.3 is 4.57 Å². The van der Waals surface area contributed by atoms with Crippen LogP contribution in [0.1, 0.15) is 0 Å². The number of nitrogens with zero attached hydrogens (tertiary/aromatic N) is 1. The van der Waals surface area contributed by atoms with E-state index in [1.165, 1.54) is 0 Å². The number of hydrogen-bond acceptors (Lipinski definition) is 2. The van der Waals surface area contributed by atoms with E-state index in [2.05, 4.69) is 6.58 Å². The number of rotatable bonds is 3. The van der Waals surface area contributed by atoms with E-state index in [9.17, 15) is 4.79 Å². The van der Waals surface area contributed by atoms with Crippen LogP contribution in [0, 0.1) is 0 Å². The number of pyridine rings is 1. The molecule has 0 bridgehead atoms. The molecule has 0 fully saturated rings. The van der Waals surface area contributed by atoms with Crippen molar-refractivity contribution in [1.82, 2.24) is 4.57 Å². The molecule has 0 aliphatic rings. The van der Waals surface area contributed by atoms with Gasteiger partial charge in [0.25, 0.3) is 5.56 Å². The Morgan fingerprint density at radius 1 is 1.53 bits per heavy atom. The first-order valence-electron chi connectivity index (χ1n) is 4.51. The number of fused-ring (bicyclic) bond motifs is 1. The zero-order valence-corrected chi connectivity index (χ0v) is 9.64. The molecule has 2 rings (SSSR count). The summed E-state index contributed by atoms with van der Waals surface area (Å²) in [6.07, 6.45) is 1.79. The molecule has 0 atom stereocenters. The first-order valence-corrected chi connectivity index (χ1v) is 5.93. The number of alkyl halides is 1. The largest absolute Gasteiger partial charge is 0.311 e. The molecule has 2 aromatic heterocycles. The van der Waals surface area contributed by atoms with Gasteiger partial charge in [0.2, 0.25) is 0 Å². The minimum atomic E-state index is 0.0278. The molecular formula is C11H10ClNOS. The Bertz CT molecular complexity index is 555. The fourth-order valence-electron chi connectivity index (χ4n) is 1.41. The van der Waals surface area contributed by atoms with Crippen molar-refractivity contribution in [2.45, 2.75) is 6.54 Å². The molecule has 0 saturated heterocycles.